The van der Waals surface area contributed by atoms with Crippen molar-refractivity contribution in [3.63, 3.8) is 0 Å². The monoisotopic (exact) mass is 301 g/mol. The lowest BCUT2D eigenvalue weighted by atomic mass is 9.85. The fraction of sp³-hybridized carbons (Fsp3) is 1.00. The van der Waals surface area contributed by atoms with E-state index in [0.717, 1.165) is 6.42 Å². The van der Waals surface area contributed by atoms with Gasteiger partial charge in [0.25, 0.3) is 0 Å². The van der Waals surface area contributed by atoms with Gasteiger partial charge in [-0.05, 0) is 32.6 Å². The Labute approximate surface area is 112 Å². The smallest absolute Gasteiger partial charge is 0.311 e. The van der Waals surface area contributed by atoms with Crippen molar-refractivity contribution in [2.24, 2.45) is 5.92 Å². The average molecular weight is 301 g/mol. The summed E-state index contributed by atoms with van der Waals surface area (Å²) in [7, 11) is -3.01. The van der Waals surface area contributed by atoms with Gasteiger partial charge in [0.1, 0.15) is 9.84 Å². The van der Waals surface area contributed by atoms with E-state index in [1.807, 2.05) is 6.92 Å². The maximum atomic E-state index is 12.6. The molecule has 0 aliphatic heterocycles. The van der Waals surface area contributed by atoms with Gasteiger partial charge in [0.05, 0.1) is 11.7 Å². The van der Waals surface area contributed by atoms with Crippen molar-refractivity contribution >= 4 is 9.84 Å². The van der Waals surface area contributed by atoms with Crippen LogP contribution in [0.2, 0.25) is 0 Å². The lowest BCUT2D eigenvalue weighted by Crippen LogP contribution is -2.43. The first-order chi connectivity index (χ1) is 8.58. The van der Waals surface area contributed by atoms with Crippen molar-refractivity contribution in [2.45, 2.75) is 57.3 Å². The number of hydrogen-bond acceptors (Lipinski definition) is 3. The molecule has 3 atom stereocenters. The third kappa shape index (κ3) is 6.61. The molecule has 0 aromatic rings. The van der Waals surface area contributed by atoms with Gasteiger partial charge >= 0.3 is 6.18 Å². The first-order valence-corrected chi connectivity index (χ1v) is 8.64. The van der Waals surface area contributed by atoms with E-state index in [1.165, 1.54) is 6.26 Å². The van der Waals surface area contributed by atoms with Crippen LogP contribution < -0.4 is 5.32 Å². The van der Waals surface area contributed by atoms with Gasteiger partial charge in [0, 0.05) is 18.3 Å². The molecule has 1 saturated carbocycles. The molecule has 0 radical (unpaired) electrons. The fourth-order valence-electron chi connectivity index (χ4n) is 2.52. The maximum absolute atomic E-state index is 12.6. The van der Waals surface area contributed by atoms with Crippen LogP contribution in [-0.2, 0) is 9.84 Å². The first kappa shape index (κ1) is 16.8. The summed E-state index contributed by atoms with van der Waals surface area (Å²) in [4.78, 5) is 0. The predicted octanol–water partition coefficient (Wildman–Crippen LogP) is 2.52. The summed E-state index contributed by atoms with van der Waals surface area (Å²) >= 11 is 0. The molecular weight excluding hydrogens is 279 g/mol. The van der Waals surface area contributed by atoms with Gasteiger partial charge in [-0.2, -0.15) is 13.2 Å². The molecule has 1 fully saturated rings. The van der Waals surface area contributed by atoms with Crippen LogP contribution in [0.15, 0.2) is 0 Å². The largest absolute Gasteiger partial charge is 0.391 e. The maximum Gasteiger partial charge on any atom is 0.391 e. The standard InChI is InChI=1S/C12H22F3NO2S/c1-9(6-7-19(2,17)18)16-11-5-3-4-10(8-11)12(13,14)15/h9-11,16H,3-8H2,1-2H3/t9-,10-,11+/m1/s1. The molecule has 7 heteroatoms. The van der Waals surface area contributed by atoms with Crippen LogP contribution in [-0.4, -0.2) is 38.7 Å². The molecule has 3 nitrogen and oxygen atoms in total. The second kappa shape index (κ2) is 6.43. The molecule has 0 aromatic heterocycles. The van der Waals surface area contributed by atoms with Crippen molar-refractivity contribution in [3.05, 3.63) is 0 Å². The number of nitrogens with one attached hydrogen (secondary N) is 1. The van der Waals surface area contributed by atoms with E-state index in [2.05, 4.69) is 5.32 Å². The minimum absolute atomic E-state index is 0.0661. The quantitative estimate of drug-likeness (QED) is 0.849. The minimum atomic E-state index is -4.11. The van der Waals surface area contributed by atoms with Crippen LogP contribution >= 0.6 is 0 Å². The zero-order valence-electron chi connectivity index (χ0n) is 11.3. The second-order valence-corrected chi connectivity index (χ2v) is 7.85. The Morgan fingerprint density at radius 1 is 1.32 bits per heavy atom. The van der Waals surface area contributed by atoms with E-state index < -0.39 is 21.9 Å². The number of rotatable bonds is 5. The molecule has 1 aliphatic carbocycles. The van der Waals surface area contributed by atoms with E-state index in [9.17, 15) is 21.6 Å². The molecule has 0 bridgehead atoms. The van der Waals surface area contributed by atoms with E-state index in [4.69, 9.17) is 0 Å². The van der Waals surface area contributed by atoms with E-state index in [0.29, 0.717) is 12.8 Å². The lowest BCUT2D eigenvalue weighted by molar-refractivity contribution is -0.183. The van der Waals surface area contributed by atoms with Crippen molar-refractivity contribution in [3.8, 4) is 0 Å². The molecule has 0 spiro atoms. The number of alkyl halides is 3. The first-order valence-electron chi connectivity index (χ1n) is 6.58. The Balaban J connectivity index is 2.40. The highest BCUT2D eigenvalue weighted by molar-refractivity contribution is 7.90. The van der Waals surface area contributed by atoms with Crippen molar-refractivity contribution in [2.75, 3.05) is 12.0 Å². The number of halogens is 3. The van der Waals surface area contributed by atoms with Crippen molar-refractivity contribution in [1.82, 2.24) is 5.32 Å². The number of sulfone groups is 1. The molecule has 0 saturated heterocycles. The third-order valence-corrected chi connectivity index (χ3v) is 4.56. The summed E-state index contributed by atoms with van der Waals surface area (Å²) < 4.78 is 60.0. The van der Waals surface area contributed by atoms with E-state index in [1.54, 1.807) is 0 Å². The van der Waals surface area contributed by atoms with Gasteiger partial charge in [0.2, 0.25) is 0 Å². The van der Waals surface area contributed by atoms with Crippen molar-refractivity contribution in [1.29, 1.82) is 0 Å². The highest BCUT2D eigenvalue weighted by Crippen LogP contribution is 2.37. The van der Waals surface area contributed by atoms with Crippen LogP contribution in [0.25, 0.3) is 0 Å². The Kier molecular flexibility index (Phi) is 5.67. The molecule has 0 unspecified atom stereocenters. The third-order valence-electron chi connectivity index (χ3n) is 3.58. The van der Waals surface area contributed by atoms with Gasteiger partial charge in [-0.25, -0.2) is 8.42 Å². The van der Waals surface area contributed by atoms with Crippen LogP contribution in [0.1, 0.15) is 39.0 Å². The molecule has 1 N–H and O–H groups in total. The summed E-state index contributed by atoms with van der Waals surface area (Å²) in [6.07, 6.45) is -0.898. The summed E-state index contributed by atoms with van der Waals surface area (Å²) in [5.41, 5.74) is 0. The lowest BCUT2D eigenvalue weighted by Gasteiger charge is -2.32. The highest BCUT2D eigenvalue weighted by atomic mass is 32.2. The van der Waals surface area contributed by atoms with Gasteiger partial charge in [0.15, 0.2) is 0 Å². The highest BCUT2D eigenvalue weighted by Gasteiger charge is 2.42. The zero-order chi connectivity index (χ0) is 14.7. The topological polar surface area (TPSA) is 46.2 Å². The molecule has 1 aliphatic rings. The van der Waals surface area contributed by atoms with Crippen molar-refractivity contribution < 1.29 is 21.6 Å². The predicted molar refractivity (Wildman–Crippen MR) is 68.7 cm³/mol. The normalized spacial score (nSPS) is 27.2. The van der Waals surface area contributed by atoms with E-state index >= 15 is 0 Å². The molecular formula is C12H22F3NO2S. The van der Waals surface area contributed by atoms with Crippen LogP contribution in [0.3, 0.4) is 0 Å². The SMILES string of the molecule is C[C@H](CCS(C)(=O)=O)N[C@H]1CCC[C@@H](C(F)(F)F)C1. The van der Waals surface area contributed by atoms with Gasteiger partial charge in [-0.3, -0.25) is 0 Å². The molecule has 1 rings (SSSR count). The molecule has 0 aromatic carbocycles. The van der Waals surface area contributed by atoms with Gasteiger partial charge < -0.3 is 5.32 Å². The molecule has 114 valence electrons. The zero-order valence-corrected chi connectivity index (χ0v) is 12.1. The minimum Gasteiger partial charge on any atom is -0.311 e. The Morgan fingerprint density at radius 2 is 1.95 bits per heavy atom. The number of hydrogen-bond donors (Lipinski definition) is 1. The molecule has 0 heterocycles. The average Bonchev–Trinajstić information content (AvgIpc) is 2.25. The van der Waals surface area contributed by atoms with E-state index in [-0.39, 0.29) is 30.7 Å². The Morgan fingerprint density at radius 3 is 2.47 bits per heavy atom. The summed E-state index contributed by atoms with van der Waals surface area (Å²) in [5.74, 6) is -1.16. The Bertz CT molecular complexity index is 381. The van der Waals surface area contributed by atoms with Gasteiger partial charge in [-0.1, -0.05) is 6.42 Å². The summed E-state index contributed by atoms with van der Waals surface area (Å²) in [6, 6.07) is -0.235. The summed E-state index contributed by atoms with van der Waals surface area (Å²) in [5, 5.41) is 3.13. The van der Waals surface area contributed by atoms with Crippen LogP contribution in [0.5, 0.6) is 0 Å². The van der Waals surface area contributed by atoms with Crippen LogP contribution in [0, 0.1) is 5.92 Å². The van der Waals surface area contributed by atoms with Crippen LogP contribution in [0.4, 0.5) is 13.2 Å². The Hall–Kier alpha value is -0.300. The second-order valence-electron chi connectivity index (χ2n) is 5.59. The molecule has 19 heavy (non-hydrogen) atoms. The molecule has 0 amide bonds. The van der Waals surface area contributed by atoms with Gasteiger partial charge in [-0.15, -0.1) is 0 Å². The fourth-order valence-corrected chi connectivity index (χ4v) is 3.30. The summed E-state index contributed by atoms with van der Waals surface area (Å²) in [6.45, 7) is 1.82.